The highest BCUT2D eigenvalue weighted by atomic mass is 15.3. The minimum Gasteiger partial charge on any atom is -0.268 e. The van der Waals surface area contributed by atoms with Crippen molar-refractivity contribution in [2.45, 2.75) is 0 Å². The quantitative estimate of drug-likeness (QED) is 0.473. The van der Waals surface area contributed by atoms with Crippen LogP contribution in [0.4, 0.5) is 0 Å². The maximum Gasteiger partial charge on any atom is 0.133 e. The van der Waals surface area contributed by atoms with Crippen LogP contribution in [0.5, 0.6) is 0 Å². The Balaban J connectivity index is 2.67. The van der Waals surface area contributed by atoms with Gasteiger partial charge in [0.2, 0.25) is 0 Å². The molecule has 0 unspecified atom stereocenters. The van der Waals surface area contributed by atoms with Gasteiger partial charge in [0.1, 0.15) is 11.8 Å². The van der Waals surface area contributed by atoms with Crippen LogP contribution >= 0.6 is 0 Å². The van der Waals surface area contributed by atoms with Gasteiger partial charge in [-0.3, -0.25) is 5.43 Å². The lowest BCUT2D eigenvalue weighted by molar-refractivity contribution is 0.723. The minimum absolute atomic E-state index is 0.479. The molecule has 3 nitrogen and oxygen atoms in total. The third-order valence-electron chi connectivity index (χ3n) is 0.729. The second kappa shape index (κ2) is 2.03. The Morgan fingerprint density at radius 2 is 2.62 bits per heavy atom. The number of nitrogens with one attached hydrogen (secondary N) is 1. The highest BCUT2D eigenvalue weighted by molar-refractivity contribution is 5.25. The standard InChI is InChI=1S/C5H4N3/c6-4-5-2-1-3-7-8-5/h1-3,8H. The molecule has 0 aliphatic carbocycles. The van der Waals surface area contributed by atoms with Gasteiger partial charge in [-0.05, 0) is 12.2 Å². The van der Waals surface area contributed by atoms with E-state index in [0.717, 1.165) is 0 Å². The first-order valence-corrected chi connectivity index (χ1v) is 2.16. The van der Waals surface area contributed by atoms with Crippen LogP contribution in [-0.2, 0) is 0 Å². The molecular weight excluding hydrogens is 102 g/mol. The van der Waals surface area contributed by atoms with E-state index in [1.807, 2.05) is 6.07 Å². The molecule has 0 saturated carbocycles. The largest absolute Gasteiger partial charge is 0.268 e. The minimum atomic E-state index is 0.479. The SMILES string of the molecule is N#CC1=CC=C[N]N1. The van der Waals surface area contributed by atoms with E-state index in [4.69, 9.17) is 5.26 Å². The summed E-state index contributed by atoms with van der Waals surface area (Å²) in [5.74, 6) is 0. The third-order valence-corrected chi connectivity index (χ3v) is 0.729. The summed E-state index contributed by atoms with van der Waals surface area (Å²) in [6, 6.07) is 1.91. The van der Waals surface area contributed by atoms with Gasteiger partial charge in [0.15, 0.2) is 0 Å². The summed E-state index contributed by atoms with van der Waals surface area (Å²) in [5.41, 5.74) is 6.59. The predicted molar refractivity (Wildman–Crippen MR) is 28.1 cm³/mol. The molecule has 0 saturated heterocycles. The number of hydrogen-bond donors (Lipinski definition) is 1. The number of nitriles is 1. The summed E-state index contributed by atoms with van der Waals surface area (Å²) in [6.07, 6.45) is 4.95. The maximum atomic E-state index is 8.22. The zero-order valence-electron chi connectivity index (χ0n) is 4.13. The molecule has 0 aromatic heterocycles. The second-order valence-electron chi connectivity index (χ2n) is 1.27. The highest BCUT2D eigenvalue weighted by Crippen LogP contribution is 1.89. The van der Waals surface area contributed by atoms with Crippen LogP contribution in [0.2, 0.25) is 0 Å². The summed E-state index contributed by atoms with van der Waals surface area (Å²) < 4.78 is 0. The monoisotopic (exact) mass is 106 g/mol. The van der Waals surface area contributed by atoms with E-state index in [-0.39, 0.29) is 0 Å². The Hall–Kier alpha value is -1.43. The van der Waals surface area contributed by atoms with Crippen LogP contribution in [0, 0.1) is 11.3 Å². The lowest BCUT2D eigenvalue weighted by Crippen LogP contribution is -2.20. The number of allylic oxidation sites excluding steroid dienone is 3. The number of rotatable bonds is 0. The van der Waals surface area contributed by atoms with E-state index >= 15 is 0 Å². The smallest absolute Gasteiger partial charge is 0.133 e. The molecule has 1 aliphatic rings. The Morgan fingerprint density at radius 1 is 1.75 bits per heavy atom. The first-order chi connectivity index (χ1) is 3.93. The first-order valence-electron chi connectivity index (χ1n) is 2.16. The summed E-state index contributed by atoms with van der Waals surface area (Å²) >= 11 is 0. The maximum absolute atomic E-state index is 8.22. The van der Waals surface area contributed by atoms with Gasteiger partial charge >= 0.3 is 0 Å². The van der Waals surface area contributed by atoms with Crippen LogP contribution in [0.15, 0.2) is 24.0 Å². The van der Waals surface area contributed by atoms with Crippen molar-refractivity contribution >= 4 is 0 Å². The van der Waals surface area contributed by atoms with Crippen LogP contribution in [0.3, 0.4) is 0 Å². The molecule has 0 fully saturated rings. The van der Waals surface area contributed by atoms with Crippen LogP contribution in [-0.4, -0.2) is 0 Å². The van der Waals surface area contributed by atoms with Crippen molar-refractivity contribution in [3.63, 3.8) is 0 Å². The summed E-state index contributed by atoms with van der Waals surface area (Å²) in [6.45, 7) is 0. The molecule has 0 bridgehead atoms. The molecule has 0 amide bonds. The fourth-order valence-corrected chi connectivity index (χ4v) is 0.389. The van der Waals surface area contributed by atoms with Crippen LogP contribution in [0.25, 0.3) is 0 Å². The molecule has 1 N–H and O–H groups in total. The Morgan fingerprint density at radius 3 is 3.00 bits per heavy atom. The van der Waals surface area contributed by atoms with Crippen molar-refractivity contribution in [2.24, 2.45) is 0 Å². The molecule has 1 heterocycles. The molecular formula is C5H4N3. The topological polar surface area (TPSA) is 49.9 Å². The number of hydrogen-bond acceptors (Lipinski definition) is 2. The van der Waals surface area contributed by atoms with Crippen molar-refractivity contribution in [3.05, 3.63) is 24.0 Å². The molecule has 0 atom stereocenters. The van der Waals surface area contributed by atoms with E-state index in [9.17, 15) is 0 Å². The van der Waals surface area contributed by atoms with E-state index in [1.54, 1.807) is 18.4 Å². The highest BCUT2D eigenvalue weighted by Gasteiger charge is 1.92. The Bertz CT molecular complexity index is 173. The summed E-state index contributed by atoms with van der Waals surface area (Å²) in [5, 5.41) is 8.22. The van der Waals surface area contributed by atoms with E-state index in [0.29, 0.717) is 5.70 Å². The van der Waals surface area contributed by atoms with Gasteiger partial charge in [0.05, 0.1) is 0 Å². The Kier molecular flexibility index (Phi) is 1.20. The average molecular weight is 106 g/mol. The van der Waals surface area contributed by atoms with Crippen molar-refractivity contribution < 1.29 is 0 Å². The van der Waals surface area contributed by atoms with Crippen molar-refractivity contribution in [1.29, 1.82) is 5.26 Å². The zero-order valence-corrected chi connectivity index (χ0v) is 4.13. The zero-order chi connectivity index (χ0) is 5.82. The van der Waals surface area contributed by atoms with E-state index in [2.05, 4.69) is 10.9 Å². The van der Waals surface area contributed by atoms with Gasteiger partial charge in [-0.2, -0.15) is 10.7 Å². The van der Waals surface area contributed by atoms with Crippen molar-refractivity contribution in [2.75, 3.05) is 0 Å². The summed E-state index contributed by atoms with van der Waals surface area (Å²) in [4.78, 5) is 0. The normalized spacial score (nSPS) is 15.1. The molecule has 8 heavy (non-hydrogen) atoms. The molecule has 0 aromatic rings. The van der Waals surface area contributed by atoms with Gasteiger partial charge in [-0.15, -0.1) is 0 Å². The van der Waals surface area contributed by atoms with Crippen molar-refractivity contribution in [3.8, 4) is 6.07 Å². The molecule has 39 valence electrons. The molecule has 1 rings (SSSR count). The van der Waals surface area contributed by atoms with Gasteiger partial charge in [-0.1, -0.05) is 0 Å². The van der Waals surface area contributed by atoms with Gasteiger partial charge in [-0.25, -0.2) is 0 Å². The molecule has 1 radical (unpaired) electrons. The van der Waals surface area contributed by atoms with E-state index in [1.165, 1.54) is 0 Å². The van der Waals surface area contributed by atoms with Crippen LogP contribution < -0.4 is 10.9 Å². The lowest BCUT2D eigenvalue weighted by atomic mass is 10.4. The molecule has 3 heteroatoms. The number of nitrogens with zero attached hydrogens (tertiary/aromatic N) is 2. The molecule has 0 aromatic carbocycles. The average Bonchev–Trinajstić information content (AvgIpc) is 1.90. The molecule has 1 aliphatic heterocycles. The summed E-state index contributed by atoms with van der Waals surface area (Å²) in [7, 11) is 0. The van der Waals surface area contributed by atoms with Gasteiger partial charge in [0.25, 0.3) is 0 Å². The van der Waals surface area contributed by atoms with Gasteiger partial charge < -0.3 is 0 Å². The Labute approximate surface area is 47.3 Å². The third kappa shape index (κ3) is 0.793. The predicted octanol–water partition coefficient (Wildman–Crippen LogP) is 0.0302. The fourth-order valence-electron chi connectivity index (χ4n) is 0.389. The fraction of sp³-hybridized carbons (Fsp3) is 0. The van der Waals surface area contributed by atoms with E-state index < -0.39 is 0 Å². The molecule has 0 spiro atoms. The van der Waals surface area contributed by atoms with Crippen LogP contribution in [0.1, 0.15) is 0 Å². The lowest BCUT2D eigenvalue weighted by Gasteiger charge is -2.00. The van der Waals surface area contributed by atoms with Crippen molar-refractivity contribution in [1.82, 2.24) is 10.9 Å². The van der Waals surface area contributed by atoms with Gasteiger partial charge in [0, 0.05) is 6.20 Å². The second-order valence-corrected chi connectivity index (χ2v) is 1.27. The first kappa shape index (κ1) is 4.72.